The minimum absolute atomic E-state index is 0.149. The van der Waals surface area contributed by atoms with Gasteiger partial charge in [-0.05, 0) is 12.8 Å². The lowest BCUT2D eigenvalue weighted by atomic mass is 9.98. The second-order valence-electron chi connectivity index (χ2n) is 3.44. The van der Waals surface area contributed by atoms with Crippen LogP contribution in [-0.2, 0) is 9.59 Å². The lowest BCUT2D eigenvalue weighted by Crippen LogP contribution is -2.35. The van der Waals surface area contributed by atoms with E-state index in [1.807, 2.05) is 6.92 Å². The summed E-state index contributed by atoms with van der Waals surface area (Å²) >= 11 is 1.03. The van der Waals surface area contributed by atoms with Gasteiger partial charge in [-0.3, -0.25) is 9.59 Å². The lowest BCUT2D eigenvalue weighted by Gasteiger charge is -2.26. The van der Waals surface area contributed by atoms with Crippen LogP contribution in [0.1, 0.15) is 39.5 Å². The van der Waals surface area contributed by atoms with Gasteiger partial charge in [-0.1, -0.05) is 26.7 Å². The maximum Gasteiger partial charge on any atom is 0.319 e. The van der Waals surface area contributed by atoms with Crippen LogP contribution in [-0.4, -0.2) is 32.7 Å². The van der Waals surface area contributed by atoms with E-state index < -0.39 is 16.7 Å². The number of aliphatic carboxylic acids is 2. The lowest BCUT2D eigenvalue weighted by molar-refractivity contribution is -0.140. The zero-order chi connectivity index (χ0) is 11.9. The number of hydrogen-bond donors (Lipinski definition) is 2. The van der Waals surface area contributed by atoms with E-state index in [9.17, 15) is 9.59 Å². The van der Waals surface area contributed by atoms with Crippen LogP contribution in [0.5, 0.6) is 0 Å². The Bertz CT molecular complexity index is 229. The molecule has 0 amide bonds. The van der Waals surface area contributed by atoms with E-state index in [1.165, 1.54) is 0 Å². The van der Waals surface area contributed by atoms with Crippen LogP contribution in [0.3, 0.4) is 0 Å². The van der Waals surface area contributed by atoms with Crippen molar-refractivity contribution in [1.82, 2.24) is 0 Å². The minimum atomic E-state index is -0.962. The summed E-state index contributed by atoms with van der Waals surface area (Å²) in [6, 6.07) is 0. The Hall–Kier alpha value is -0.710. The predicted octanol–water partition coefficient (Wildman–Crippen LogP) is 2.23. The minimum Gasteiger partial charge on any atom is -0.481 e. The Morgan fingerprint density at radius 1 is 1.27 bits per heavy atom. The summed E-state index contributed by atoms with van der Waals surface area (Å²) in [6.45, 7) is 3.78. The van der Waals surface area contributed by atoms with Crippen molar-refractivity contribution in [2.24, 2.45) is 0 Å². The van der Waals surface area contributed by atoms with Gasteiger partial charge in [-0.2, -0.15) is 0 Å². The summed E-state index contributed by atoms with van der Waals surface area (Å²) in [5, 5.41) is 17.7. The quantitative estimate of drug-likeness (QED) is 0.673. The Morgan fingerprint density at radius 3 is 2.20 bits per heavy atom. The molecule has 0 aliphatic rings. The molecule has 0 aromatic carbocycles. The third kappa shape index (κ3) is 4.55. The second-order valence-corrected chi connectivity index (χ2v) is 4.80. The first-order valence-electron chi connectivity index (χ1n) is 5.07. The fourth-order valence-corrected chi connectivity index (χ4v) is 2.35. The van der Waals surface area contributed by atoms with Crippen molar-refractivity contribution >= 4 is 23.7 Å². The largest absolute Gasteiger partial charge is 0.481 e. The van der Waals surface area contributed by atoms with Gasteiger partial charge in [-0.15, -0.1) is 11.8 Å². The molecule has 0 saturated heterocycles. The molecule has 0 spiro atoms. The molecule has 0 unspecified atom stereocenters. The normalized spacial score (nSPS) is 14.5. The average Bonchev–Trinajstić information content (AvgIpc) is 2.18. The van der Waals surface area contributed by atoms with Crippen molar-refractivity contribution < 1.29 is 19.8 Å². The molecular formula is C10H18O4S. The van der Waals surface area contributed by atoms with E-state index in [0.717, 1.165) is 24.6 Å². The van der Waals surface area contributed by atoms with E-state index in [-0.39, 0.29) is 5.75 Å². The van der Waals surface area contributed by atoms with Gasteiger partial charge < -0.3 is 10.2 Å². The number of hydrogen-bond acceptors (Lipinski definition) is 3. The fraction of sp³-hybridized carbons (Fsp3) is 0.800. The molecule has 0 bridgehead atoms. The second kappa shape index (κ2) is 6.71. The average molecular weight is 234 g/mol. The molecule has 88 valence electrons. The predicted molar refractivity (Wildman–Crippen MR) is 60.3 cm³/mol. The highest BCUT2D eigenvalue weighted by atomic mass is 32.2. The first-order valence-corrected chi connectivity index (χ1v) is 6.06. The first-order chi connectivity index (χ1) is 6.98. The van der Waals surface area contributed by atoms with Crippen molar-refractivity contribution in [3.05, 3.63) is 0 Å². The molecule has 0 saturated carbocycles. The number of carbonyl (C=O) groups is 2. The molecule has 5 heteroatoms. The smallest absolute Gasteiger partial charge is 0.319 e. The van der Waals surface area contributed by atoms with Crippen LogP contribution in [0.4, 0.5) is 0 Å². The third-order valence-electron chi connectivity index (χ3n) is 2.37. The highest BCUT2D eigenvalue weighted by Crippen LogP contribution is 2.34. The maximum atomic E-state index is 11.2. The molecule has 4 nitrogen and oxygen atoms in total. The SMILES string of the molecule is CCCC[C@@](CC)(SCC(=O)O)C(=O)O. The molecule has 15 heavy (non-hydrogen) atoms. The zero-order valence-electron chi connectivity index (χ0n) is 9.15. The highest BCUT2D eigenvalue weighted by Gasteiger charge is 2.37. The van der Waals surface area contributed by atoms with Gasteiger partial charge in [0.2, 0.25) is 0 Å². The van der Waals surface area contributed by atoms with Crippen molar-refractivity contribution in [2.75, 3.05) is 5.75 Å². The molecule has 0 radical (unpaired) electrons. The van der Waals surface area contributed by atoms with E-state index in [0.29, 0.717) is 12.8 Å². The monoisotopic (exact) mass is 234 g/mol. The van der Waals surface area contributed by atoms with Crippen LogP contribution < -0.4 is 0 Å². The molecule has 0 aliphatic carbocycles. The van der Waals surface area contributed by atoms with Gasteiger partial charge in [0.05, 0.1) is 5.75 Å². The Balaban J connectivity index is 4.50. The molecule has 0 fully saturated rings. The number of carboxylic acids is 2. The van der Waals surface area contributed by atoms with Crippen LogP contribution in [0.15, 0.2) is 0 Å². The summed E-state index contributed by atoms with van der Waals surface area (Å²) in [4.78, 5) is 21.6. The molecule has 1 atom stereocenters. The number of unbranched alkanes of at least 4 members (excludes halogenated alkanes) is 1. The van der Waals surface area contributed by atoms with Gasteiger partial charge in [0.15, 0.2) is 0 Å². The van der Waals surface area contributed by atoms with Gasteiger partial charge in [0.25, 0.3) is 0 Å². The highest BCUT2D eigenvalue weighted by molar-refractivity contribution is 8.02. The molecule has 0 rings (SSSR count). The van der Waals surface area contributed by atoms with Gasteiger partial charge in [0, 0.05) is 0 Å². The fourth-order valence-electron chi connectivity index (χ4n) is 1.33. The standard InChI is InChI=1S/C10H18O4S/c1-3-5-6-10(4-2,9(13)14)15-7-8(11)12/h3-7H2,1-2H3,(H,11,12)(H,13,14)/t10-/m1/s1. The van der Waals surface area contributed by atoms with Crippen LogP contribution in [0.25, 0.3) is 0 Å². The van der Waals surface area contributed by atoms with Crippen molar-refractivity contribution in [3.63, 3.8) is 0 Å². The Kier molecular flexibility index (Phi) is 6.40. The van der Waals surface area contributed by atoms with E-state index in [4.69, 9.17) is 10.2 Å². The third-order valence-corrected chi connectivity index (χ3v) is 3.98. The van der Waals surface area contributed by atoms with Crippen LogP contribution in [0, 0.1) is 0 Å². The van der Waals surface area contributed by atoms with Crippen molar-refractivity contribution in [3.8, 4) is 0 Å². The summed E-state index contributed by atoms with van der Waals surface area (Å²) in [5.41, 5.74) is 0. The zero-order valence-corrected chi connectivity index (χ0v) is 9.97. The summed E-state index contributed by atoms with van der Waals surface area (Å²) in [7, 11) is 0. The molecule has 0 aromatic rings. The molecule has 0 heterocycles. The first kappa shape index (κ1) is 14.3. The van der Waals surface area contributed by atoms with Crippen molar-refractivity contribution in [1.29, 1.82) is 0 Å². The maximum absolute atomic E-state index is 11.2. The van der Waals surface area contributed by atoms with Crippen LogP contribution >= 0.6 is 11.8 Å². The molecule has 0 aromatic heterocycles. The van der Waals surface area contributed by atoms with Crippen LogP contribution in [0.2, 0.25) is 0 Å². The van der Waals surface area contributed by atoms with Crippen molar-refractivity contribution in [2.45, 2.75) is 44.3 Å². The molecular weight excluding hydrogens is 216 g/mol. The molecule has 2 N–H and O–H groups in total. The van der Waals surface area contributed by atoms with E-state index in [2.05, 4.69) is 0 Å². The molecule has 0 aliphatic heterocycles. The van der Waals surface area contributed by atoms with Gasteiger partial charge in [-0.25, -0.2) is 0 Å². The van der Waals surface area contributed by atoms with E-state index in [1.54, 1.807) is 6.92 Å². The number of rotatable bonds is 8. The number of thioether (sulfide) groups is 1. The topological polar surface area (TPSA) is 74.6 Å². The summed E-state index contributed by atoms with van der Waals surface area (Å²) in [6.07, 6.45) is 2.73. The summed E-state index contributed by atoms with van der Waals surface area (Å²) in [5.74, 6) is -2.01. The Labute approximate surface area is 94.1 Å². The summed E-state index contributed by atoms with van der Waals surface area (Å²) < 4.78 is -0.922. The van der Waals surface area contributed by atoms with E-state index >= 15 is 0 Å². The Morgan fingerprint density at radius 2 is 1.87 bits per heavy atom. The van der Waals surface area contributed by atoms with Gasteiger partial charge in [0.1, 0.15) is 4.75 Å². The number of carboxylic acid groups (broad SMARTS) is 2. The van der Waals surface area contributed by atoms with Gasteiger partial charge >= 0.3 is 11.9 Å².